The molecule has 0 saturated carbocycles. The number of nitrogens with zero attached hydrogens (tertiary/aromatic N) is 1. The van der Waals surface area contributed by atoms with Gasteiger partial charge in [0.1, 0.15) is 5.60 Å². The quantitative estimate of drug-likeness (QED) is 0.719. The largest absolute Gasteiger partial charge is 0.481 e. The molecule has 2 rings (SSSR count). The number of aliphatic hydroxyl groups is 1. The van der Waals surface area contributed by atoms with E-state index in [1.54, 1.807) is 20.0 Å². The molecule has 6 nitrogen and oxygen atoms in total. The molecule has 0 atom stereocenters. The van der Waals surface area contributed by atoms with Crippen molar-refractivity contribution < 1.29 is 24.6 Å². The van der Waals surface area contributed by atoms with Gasteiger partial charge in [0, 0.05) is 12.3 Å². The first-order valence-corrected chi connectivity index (χ1v) is 7.93. The summed E-state index contributed by atoms with van der Waals surface area (Å²) in [6.07, 6.45) is 1.70. The highest BCUT2D eigenvalue weighted by atomic mass is 16.5. The molecule has 0 spiro atoms. The Bertz CT molecular complexity index is 671. The van der Waals surface area contributed by atoms with Crippen LogP contribution in [0.5, 0.6) is 17.4 Å². The van der Waals surface area contributed by atoms with E-state index in [0.29, 0.717) is 17.4 Å². The number of ether oxygens (including phenoxy) is 2. The fraction of sp³-hybridized carbons (Fsp3) is 0.389. The van der Waals surface area contributed by atoms with Crippen molar-refractivity contribution in [1.29, 1.82) is 0 Å². The molecule has 0 aliphatic carbocycles. The van der Waals surface area contributed by atoms with Gasteiger partial charge in [0.05, 0.1) is 5.60 Å². The zero-order chi connectivity index (χ0) is 19.1. The Morgan fingerprint density at radius 1 is 1.00 bits per heavy atom. The molecule has 0 amide bonds. The van der Waals surface area contributed by atoms with Gasteiger partial charge in [0.2, 0.25) is 5.88 Å². The van der Waals surface area contributed by atoms with Crippen molar-refractivity contribution in [2.24, 2.45) is 0 Å². The predicted octanol–water partition coefficient (Wildman–Crippen LogP) is 2.35. The van der Waals surface area contributed by atoms with Crippen LogP contribution in [0.25, 0.3) is 0 Å². The summed E-state index contributed by atoms with van der Waals surface area (Å²) in [5.41, 5.74) is -0.700. The first-order valence-electron chi connectivity index (χ1n) is 7.93. The highest BCUT2D eigenvalue weighted by Gasteiger charge is 2.38. The highest BCUT2D eigenvalue weighted by Crippen LogP contribution is 2.35. The summed E-state index contributed by atoms with van der Waals surface area (Å²) in [5, 5.41) is 24.5. The minimum Gasteiger partial charge on any atom is -0.481 e. The van der Waals surface area contributed by atoms with Crippen LogP contribution < -0.4 is 9.47 Å². The van der Waals surface area contributed by atoms with E-state index in [9.17, 15) is 5.11 Å². The van der Waals surface area contributed by atoms with E-state index in [0.717, 1.165) is 5.56 Å². The lowest BCUT2D eigenvalue weighted by molar-refractivity contribution is -0.0912. The average Bonchev–Trinajstić information content (AvgIpc) is 2.49. The second kappa shape index (κ2) is 8.85. The van der Waals surface area contributed by atoms with Gasteiger partial charge in [-0.3, -0.25) is 0 Å². The van der Waals surface area contributed by atoms with E-state index < -0.39 is 18.9 Å². The Morgan fingerprint density at radius 3 is 2.08 bits per heavy atom. The van der Waals surface area contributed by atoms with E-state index in [1.807, 2.05) is 57.2 Å². The average molecular weight is 347 g/mol. The Hall–Kier alpha value is -2.09. The molecule has 0 fully saturated rings. The first kappa shape index (κ1) is 21.0. The summed E-state index contributed by atoms with van der Waals surface area (Å²) in [6.45, 7) is 9.11. The van der Waals surface area contributed by atoms with E-state index >= 15 is 0 Å². The number of pyridine rings is 1. The van der Waals surface area contributed by atoms with E-state index in [2.05, 4.69) is 4.98 Å². The van der Waals surface area contributed by atoms with Gasteiger partial charge >= 0.3 is 7.69 Å². The summed E-state index contributed by atoms with van der Waals surface area (Å²) in [5.74, 6) is 1.65. The molecule has 2 aromatic rings. The van der Waals surface area contributed by atoms with Crippen molar-refractivity contribution in [3.8, 4) is 17.4 Å². The maximum absolute atomic E-state index is 10.2. The fourth-order valence-electron chi connectivity index (χ4n) is 1.70. The molecule has 0 unspecified atom stereocenters. The Kier molecular flexibility index (Phi) is 7.42. The Labute approximate surface area is 149 Å². The second-order valence-corrected chi connectivity index (χ2v) is 6.53. The van der Waals surface area contributed by atoms with Crippen LogP contribution in [0.2, 0.25) is 0 Å². The van der Waals surface area contributed by atoms with Gasteiger partial charge in [-0.05, 0) is 58.4 Å². The maximum atomic E-state index is 10.2. The molecule has 7 heteroatoms. The predicted molar refractivity (Wildman–Crippen MR) is 98.1 cm³/mol. The molecule has 136 valence electrons. The molecular weight excluding hydrogens is 321 g/mol. The van der Waals surface area contributed by atoms with Crippen LogP contribution in [0.3, 0.4) is 0 Å². The lowest BCUT2D eigenvalue weighted by Crippen LogP contribution is -2.49. The molecule has 1 heterocycles. The maximum Gasteiger partial charge on any atom is 0.432 e. The number of hydrogen-bond acceptors (Lipinski definition) is 6. The fourth-order valence-corrected chi connectivity index (χ4v) is 1.70. The summed E-state index contributed by atoms with van der Waals surface area (Å²) in [7, 11) is -0.750. The molecule has 1 aromatic carbocycles. The summed E-state index contributed by atoms with van der Waals surface area (Å²) >= 11 is 0. The molecule has 25 heavy (non-hydrogen) atoms. The number of hydrogen-bond donors (Lipinski definition) is 3. The number of rotatable bonds is 5. The van der Waals surface area contributed by atoms with Crippen LogP contribution >= 0.6 is 0 Å². The molecule has 1 aromatic heterocycles. The monoisotopic (exact) mass is 347 g/mol. The van der Waals surface area contributed by atoms with Crippen molar-refractivity contribution in [1.82, 2.24) is 4.98 Å². The van der Waals surface area contributed by atoms with E-state index in [1.165, 1.54) is 0 Å². The van der Waals surface area contributed by atoms with Crippen LogP contribution in [-0.2, 0) is 0 Å². The highest BCUT2D eigenvalue weighted by molar-refractivity contribution is 6.13. The molecule has 0 aliphatic heterocycles. The Morgan fingerprint density at radius 2 is 1.56 bits per heavy atom. The van der Waals surface area contributed by atoms with Gasteiger partial charge < -0.3 is 24.6 Å². The van der Waals surface area contributed by atoms with E-state index in [4.69, 9.17) is 19.5 Å². The zero-order valence-electron chi connectivity index (χ0n) is 15.4. The topological polar surface area (TPSA) is 92.0 Å². The Balaban J connectivity index is 0.000000970. The molecule has 3 N–H and O–H groups in total. The van der Waals surface area contributed by atoms with E-state index in [-0.39, 0.29) is 0 Å². The number of para-hydroxylation sites is 2. The molecule has 0 radical (unpaired) electrons. The van der Waals surface area contributed by atoms with Crippen LogP contribution in [0.4, 0.5) is 0 Å². The van der Waals surface area contributed by atoms with Gasteiger partial charge in [0.15, 0.2) is 11.5 Å². The third-order valence-corrected chi connectivity index (χ3v) is 3.79. The molecule has 0 aliphatic rings. The van der Waals surface area contributed by atoms with Crippen LogP contribution in [0, 0.1) is 6.92 Å². The van der Waals surface area contributed by atoms with Gasteiger partial charge in [-0.1, -0.05) is 12.1 Å². The van der Waals surface area contributed by atoms with Crippen molar-refractivity contribution in [2.45, 2.75) is 45.8 Å². The van der Waals surface area contributed by atoms with Crippen molar-refractivity contribution in [3.63, 3.8) is 0 Å². The first-order chi connectivity index (χ1) is 11.6. The molecular formula is C18H26BNO5. The minimum atomic E-state index is -0.998. The van der Waals surface area contributed by atoms with Crippen molar-refractivity contribution in [3.05, 3.63) is 48.2 Å². The SMILES string of the molecule is Cc1ccnc(Oc2ccccc2OC(C)(C)C(C)(C)O)c1.OBO. The summed E-state index contributed by atoms with van der Waals surface area (Å²) < 4.78 is 11.8. The normalized spacial score (nSPS) is 11.2. The van der Waals surface area contributed by atoms with Gasteiger partial charge in [-0.25, -0.2) is 4.98 Å². The van der Waals surface area contributed by atoms with Crippen molar-refractivity contribution >= 4 is 7.69 Å². The number of benzene rings is 1. The van der Waals surface area contributed by atoms with Crippen LogP contribution in [0.1, 0.15) is 33.3 Å². The van der Waals surface area contributed by atoms with Crippen molar-refractivity contribution in [2.75, 3.05) is 0 Å². The lowest BCUT2D eigenvalue weighted by atomic mass is 9.89. The van der Waals surface area contributed by atoms with Gasteiger partial charge in [-0.15, -0.1) is 0 Å². The molecule has 0 saturated heterocycles. The van der Waals surface area contributed by atoms with Gasteiger partial charge in [-0.2, -0.15) is 0 Å². The summed E-state index contributed by atoms with van der Waals surface area (Å²) in [4.78, 5) is 4.19. The smallest absolute Gasteiger partial charge is 0.432 e. The third-order valence-electron chi connectivity index (χ3n) is 3.79. The molecule has 0 bridgehead atoms. The number of aryl methyl sites for hydroxylation is 1. The van der Waals surface area contributed by atoms with Crippen LogP contribution in [-0.4, -0.2) is 39.0 Å². The number of aromatic nitrogens is 1. The summed E-state index contributed by atoms with van der Waals surface area (Å²) in [6, 6.07) is 11.1. The van der Waals surface area contributed by atoms with Crippen LogP contribution in [0.15, 0.2) is 42.6 Å². The standard InChI is InChI=1S/C18H23NO3.BH3O2/c1-13-10-11-19-16(12-13)21-14-8-6-7-9-15(14)22-18(4,5)17(2,3)20;2-1-3/h6-12,20H,1-5H3;1-3H. The van der Waals surface area contributed by atoms with Gasteiger partial charge in [0.25, 0.3) is 0 Å². The lowest BCUT2D eigenvalue weighted by Gasteiger charge is -2.37. The minimum absolute atomic E-state index is 0.511. The third kappa shape index (κ3) is 6.38. The zero-order valence-corrected chi connectivity index (χ0v) is 15.4. The second-order valence-electron chi connectivity index (χ2n) is 6.53.